The molecular formula is C48H58N6O5S2. The fourth-order valence-electron chi connectivity index (χ4n) is 8.47. The predicted octanol–water partition coefficient (Wildman–Crippen LogP) is 8.09. The SMILES string of the molecule is CC1(C)Cc2c(C#N)c(SCCc3ccccc3)nc(N3CCCC3CO)c2CO1.COc1cccc(CCSc2nc(N3CCOCC3)c3c(c2C#N)CC(C)(C)OC3)c1. The molecule has 0 radical (unpaired) electrons. The Kier molecular flexibility index (Phi) is 14.8. The van der Waals surface area contributed by atoms with Crippen molar-refractivity contribution in [2.45, 2.75) is 107 Å². The highest BCUT2D eigenvalue weighted by molar-refractivity contribution is 7.99. The van der Waals surface area contributed by atoms with E-state index in [9.17, 15) is 15.6 Å². The minimum absolute atomic E-state index is 0.0895. The maximum atomic E-state index is 10.0. The van der Waals surface area contributed by atoms with E-state index in [4.69, 9.17) is 28.9 Å². The number of rotatable bonds is 12. The lowest BCUT2D eigenvalue weighted by Crippen LogP contribution is -2.39. The van der Waals surface area contributed by atoms with E-state index in [-0.39, 0.29) is 23.9 Å². The number of ether oxygens (including phenoxy) is 4. The number of pyridine rings is 2. The molecule has 6 heterocycles. The topological polar surface area (TPSA) is 137 Å². The first-order valence-corrected chi connectivity index (χ1v) is 23.3. The summed E-state index contributed by atoms with van der Waals surface area (Å²) in [5.41, 5.74) is 7.58. The van der Waals surface area contributed by atoms with E-state index >= 15 is 0 Å². The molecule has 4 aliphatic heterocycles. The van der Waals surface area contributed by atoms with Crippen LogP contribution in [-0.2, 0) is 53.1 Å². The first kappa shape index (κ1) is 44.7. The largest absolute Gasteiger partial charge is 0.497 e. The van der Waals surface area contributed by atoms with Gasteiger partial charge >= 0.3 is 0 Å². The van der Waals surface area contributed by atoms with Gasteiger partial charge in [0.25, 0.3) is 0 Å². The minimum atomic E-state index is -0.301. The summed E-state index contributed by atoms with van der Waals surface area (Å²) in [4.78, 5) is 14.5. The number of morpholine rings is 1. The molecule has 0 saturated carbocycles. The van der Waals surface area contributed by atoms with Crippen molar-refractivity contribution in [3.8, 4) is 17.9 Å². The molecule has 0 bridgehead atoms. The zero-order valence-corrected chi connectivity index (χ0v) is 37.8. The van der Waals surface area contributed by atoms with Crippen LogP contribution in [0.15, 0.2) is 64.6 Å². The molecule has 2 aromatic heterocycles. The lowest BCUT2D eigenvalue weighted by Gasteiger charge is -2.36. The van der Waals surface area contributed by atoms with Gasteiger partial charge in [-0.25, -0.2) is 9.97 Å². The molecule has 61 heavy (non-hydrogen) atoms. The molecule has 8 rings (SSSR count). The number of aliphatic hydroxyl groups excluding tert-OH is 1. The van der Waals surface area contributed by atoms with Crippen molar-refractivity contribution in [3.05, 3.63) is 99.1 Å². The third-order valence-electron chi connectivity index (χ3n) is 11.8. The number of fused-ring (bicyclic) bond motifs is 2. The van der Waals surface area contributed by atoms with Crippen LogP contribution in [0.3, 0.4) is 0 Å². The quantitative estimate of drug-likeness (QED) is 0.138. The summed E-state index contributed by atoms with van der Waals surface area (Å²) in [6.45, 7) is 13.3. The van der Waals surface area contributed by atoms with Gasteiger partial charge in [0.15, 0.2) is 0 Å². The standard InChI is InChI=1S/C24H29N3O3S.C24H29N3O2S/c1-24(2)14-19-20(15-25)23(31-12-7-17-5-4-6-18(13-17)28-3)26-22(21(19)16-30-24)27-8-10-29-11-9-27;1-24(2)13-19-20(14-25)23(30-12-10-17-7-4-3-5-8-17)26-22(21(19)16-29-24)27-11-6-9-18(27)15-28/h4-6,13H,7-12,14,16H2,1-3H3;3-5,7-8,18,28H,6,9-13,15-16H2,1-2H3. The van der Waals surface area contributed by atoms with Crippen molar-refractivity contribution in [1.29, 1.82) is 10.5 Å². The fraction of sp³-hybridized carbons (Fsp3) is 0.500. The Labute approximate surface area is 369 Å². The number of anilines is 2. The Morgan fingerprint density at radius 1 is 0.770 bits per heavy atom. The number of hydrogen-bond donors (Lipinski definition) is 1. The van der Waals surface area contributed by atoms with E-state index in [1.165, 1.54) is 11.1 Å². The van der Waals surface area contributed by atoms with Crippen LogP contribution >= 0.6 is 23.5 Å². The lowest BCUT2D eigenvalue weighted by atomic mass is 9.89. The average Bonchev–Trinajstić information content (AvgIpc) is 3.75. The van der Waals surface area contributed by atoms with Crippen molar-refractivity contribution < 1.29 is 24.1 Å². The number of benzene rings is 2. The number of thioether (sulfide) groups is 2. The Bertz CT molecular complexity index is 2230. The van der Waals surface area contributed by atoms with Crippen LogP contribution in [0.1, 0.15) is 85.0 Å². The second-order valence-electron chi connectivity index (χ2n) is 17.1. The van der Waals surface area contributed by atoms with Gasteiger partial charge in [0.05, 0.1) is 68.5 Å². The van der Waals surface area contributed by atoms with E-state index in [1.54, 1.807) is 30.6 Å². The van der Waals surface area contributed by atoms with Gasteiger partial charge in [-0.15, -0.1) is 23.5 Å². The number of methoxy groups -OCH3 is 1. The summed E-state index contributed by atoms with van der Waals surface area (Å²) in [6.07, 6.45) is 5.24. The molecule has 2 saturated heterocycles. The summed E-state index contributed by atoms with van der Waals surface area (Å²) < 4.78 is 23.1. The summed E-state index contributed by atoms with van der Waals surface area (Å²) in [5.74, 6) is 4.43. The van der Waals surface area contributed by atoms with Crippen molar-refractivity contribution in [2.75, 3.05) is 67.9 Å². The Balaban J connectivity index is 0.000000184. The van der Waals surface area contributed by atoms with Gasteiger partial charge < -0.3 is 33.9 Å². The highest BCUT2D eigenvalue weighted by Crippen LogP contribution is 2.41. The van der Waals surface area contributed by atoms with Gasteiger partial charge in [0.1, 0.15) is 39.6 Å². The van der Waals surface area contributed by atoms with Crippen LogP contribution in [0.4, 0.5) is 11.6 Å². The molecule has 0 spiro atoms. The monoisotopic (exact) mass is 862 g/mol. The molecule has 4 aromatic rings. The van der Waals surface area contributed by atoms with Gasteiger partial charge in [-0.3, -0.25) is 0 Å². The van der Waals surface area contributed by atoms with E-state index in [1.807, 2.05) is 18.2 Å². The highest BCUT2D eigenvalue weighted by Gasteiger charge is 2.36. The smallest absolute Gasteiger partial charge is 0.136 e. The van der Waals surface area contributed by atoms with E-state index < -0.39 is 0 Å². The fourth-order valence-corrected chi connectivity index (χ4v) is 10.5. The molecule has 1 unspecified atom stereocenters. The third kappa shape index (κ3) is 10.8. The molecule has 1 atom stereocenters. The van der Waals surface area contributed by atoms with Crippen molar-refractivity contribution in [2.24, 2.45) is 0 Å². The first-order chi connectivity index (χ1) is 29.5. The highest BCUT2D eigenvalue weighted by atomic mass is 32.2. The molecular weight excluding hydrogens is 805 g/mol. The average molecular weight is 863 g/mol. The number of aryl methyl sites for hydroxylation is 2. The number of nitrogens with zero attached hydrogens (tertiary/aromatic N) is 6. The Morgan fingerprint density at radius 2 is 1.34 bits per heavy atom. The zero-order valence-electron chi connectivity index (χ0n) is 36.2. The number of hydrogen-bond acceptors (Lipinski definition) is 13. The summed E-state index contributed by atoms with van der Waals surface area (Å²) >= 11 is 3.32. The normalized spacial score (nSPS) is 18.9. The molecule has 0 amide bonds. The van der Waals surface area contributed by atoms with Crippen LogP contribution in [-0.4, -0.2) is 90.4 Å². The number of nitriles is 2. The summed E-state index contributed by atoms with van der Waals surface area (Å²) in [6, 6.07) is 23.5. The van der Waals surface area contributed by atoms with Crippen LogP contribution in [0.5, 0.6) is 5.75 Å². The van der Waals surface area contributed by atoms with E-state index in [0.717, 1.165) is 107 Å². The molecule has 0 aliphatic carbocycles. The van der Waals surface area contributed by atoms with Crippen LogP contribution in [0, 0.1) is 22.7 Å². The summed E-state index contributed by atoms with van der Waals surface area (Å²) in [7, 11) is 1.68. The van der Waals surface area contributed by atoms with Crippen molar-refractivity contribution in [3.63, 3.8) is 0 Å². The second kappa shape index (κ2) is 20.2. The second-order valence-corrected chi connectivity index (χ2v) is 19.3. The molecule has 1 N–H and O–H groups in total. The number of aliphatic hydroxyl groups is 1. The Hall–Kier alpha value is -4.34. The van der Waals surface area contributed by atoms with Gasteiger partial charge in [-0.2, -0.15) is 10.5 Å². The molecule has 322 valence electrons. The lowest BCUT2D eigenvalue weighted by molar-refractivity contribution is -0.0405. The molecule has 4 aliphatic rings. The van der Waals surface area contributed by atoms with Gasteiger partial charge in [-0.1, -0.05) is 42.5 Å². The maximum Gasteiger partial charge on any atom is 0.136 e. The number of aromatic nitrogens is 2. The third-order valence-corrected chi connectivity index (χ3v) is 13.7. The van der Waals surface area contributed by atoms with E-state index in [2.05, 4.69) is 86.0 Å². The van der Waals surface area contributed by atoms with Crippen molar-refractivity contribution in [1.82, 2.24) is 9.97 Å². The minimum Gasteiger partial charge on any atom is -0.497 e. The molecule has 2 aromatic carbocycles. The van der Waals surface area contributed by atoms with Crippen LogP contribution in [0.25, 0.3) is 0 Å². The van der Waals surface area contributed by atoms with Gasteiger partial charge in [-0.05, 0) is 87.8 Å². The van der Waals surface area contributed by atoms with E-state index in [0.29, 0.717) is 50.4 Å². The zero-order chi connectivity index (χ0) is 43.0. The summed E-state index contributed by atoms with van der Waals surface area (Å²) in [5, 5.41) is 31.5. The van der Waals surface area contributed by atoms with Crippen LogP contribution < -0.4 is 14.5 Å². The first-order valence-electron chi connectivity index (χ1n) is 21.3. The Morgan fingerprint density at radius 3 is 1.93 bits per heavy atom. The maximum absolute atomic E-state index is 10.0. The predicted molar refractivity (Wildman–Crippen MR) is 242 cm³/mol. The molecule has 11 nitrogen and oxygen atoms in total. The van der Waals surface area contributed by atoms with Gasteiger partial charge in [0, 0.05) is 55.1 Å². The molecule has 2 fully saturated rings. The van der Waals surface area contributed by atoms with Crippen LogP contribution in [0.2, 0.25) is 0 Å². The van der Waals surface area contributed by atoms with Crippen molar-refractivity contribution >= 4 is 35.2 Å². The molecule has 13 heteroatoms. The van der Waals surface area contributed by atoms with Gasteiger partial charge in [0.2, 0.25) is 0 Å².